The van der Waals surface area contributed by atoms with Gasteiger partial charge in [0.25, 0.3) is 0 Å². The van der Waals surface area contributed by atoms with Crippen LogP contribution in [0.1, 0.15) is 183 Å². The summed E-state index contributed by atoms with van der Waals surface area (Å²) in [7, 11) is 0. The molecule has 4 aliphatic rings. The van der Waals surface area contributed by atoms with Crippen LogP contribution in [-0.4, -0.2) is 12.1 Å². The topological polar surface area (TPSA) is 26.3 Å². The molecule has 3 fully saturated rings. The lowest BCUT2D eigenvalue weighted by atomic mass is 9.47. The van der Waals surface area contributed by atoms with Gasteiger partial charge in [-0.1, -0.05) is 117 Å². The van der Waals surface area contributed by atoms with Crippen molar-refractivity contribution >= 4 is 5.97 Å². The molecule has 3 saturated carbocycles. The highest BCUT2D eigenvalue weighted by Gasteiger charge is 2.59. The van der Waals surface area contributed by atoms with Gasteiger partial charge in [0, 0.05) is 12.8 Å². The number of ether oxygens (including phenoxy) is 1. The third-order valence-electron chi connectivity index (χ3n) is 14.4. The number of carbonyl (C=O) groups excluding carboxylic acids is 1. The first-order chi connectivity index (χ1) is 22.6. The second kappa shape index (κ2) is 18.6. The zero-order chi connectivity index (χ0) is 33.9. The normalized spacial score (nSPS) is 33.4. The van der Waals surface area contributed by atoms with E-state index < -0.39 is 0 Å². The number of fused-ring (bicyclic) bond motifs is 5. The Kier molecular flexibility index (Phi) is 15.2. The number of carbonyl (C=O) groups is 1. The van der Waals surface area contributed by atoms with Crippen LogP contribution in [0.25, 0.3) is 0 Å². The lowest BCUT2D eigenvalue weighted by molar-refractivity contribution is -0.151. The molecule has 268 valence electrons. The molecule has 0 spiro atoms. The summed E-state index contributed by atoms with van der Waals surface area (Å²) < 4.78 is 6.12. The molecule has 4 aliphatic carbocycles. The van der Waals surface area contributed by atoms with Crippen molar-refractivity contribution in [2.45, 2.75) is 189 Å². The number of hydrogen-bond donors (Lipinski definition) is 0. The highest BCUT2D eigenvalue weighted by molar-refractivity contribution is 5.69. The predicted octanol–water partition coefficient (Wildman–Crippen LogP) is 13.6. The van der Waals surface area contributed by atoms with Crippen LogP contribution in [0.4, 0.5) is 0 Å². The van der Waals surface area contributed by atoms with Crippen molar-refractivity contribution in [3.05, 3.63) is 36.0 Å². The number of allylic oxidation sites excluding steroid dienone is 5. The highest BCUT2D eigenvalue weighted by Crippen LogP contribution is 2.67. The van der Waals surface area contributed by atoms with Gasteiger partial charge in [0.15, 0.2) is 0 Å². The summed E-state index contributed by atoms with van der Waals surface area (Å²) in [6.07, 6.45) is 37.6. The van der Waals surface area contributed by atoms with Gasteiger partial charge in [-0.25, -0.2) is 0 Å². The maximum Gasteiger partial charge on any atom is 0.306 e. The first-order valence-electron chi connectivity index (χ1n) is 20.8. The molecule has 4 rings (SSSR count). The molecule has 9 atom stereocenters. The van der Waals surface area contributed by atoms with E-state index in [1.807, 2.05) is 0 Å². The van der Waals surface area contributed by atoms with Gasteiger partial charge in [-0.3, -0.25) is 4.79 Å². The fraction of sp³-hybridized carbons (Fsp3) is 0.844. The minimum atomic E-state index is 0.0369. The molecule has 0 heterocycles. The fourth-order valence-corrected chi connectivity index (χ4v) is 11.4. The highest BCUT2D eigenvalue weighted by atomic mass is 16.5. The maximum absolute atomic E-state index is 12.8. The van der Waals surface area contributed by atoms with E-state index in [4.69, 9.17) is 4.74 Å². The number of unbranched alkanes of at least 4 members (excludes halogenated alkanes) is 6. The summed E-state index contributed by atoms with van der Waals surface area (Å²) in [4.78, 5) is 12.8. The van der Waals surface area contributed by atoms with Gasteiger partial charge in [0.05, 0.1) is 0 Å². The Morgan fingerprint density at radius 1 is 0.872 bits per heavy atom. The van der Waals surface area contributed by atoms with E-state index in [0.29, 0.717) is 17.3 Å². The molecular formula is C45H76O2. The van der Waals surface area contributed by atoms with E-state index in [2.05, 4.69) is 78.8 Å². The Balaban J connectivity index is 1.19. The fourth-order valence-electron chi connectivity index (χ4n) is 11.4. The maximum atomic E-state index is 12.8. The van der Waals surface area contributed by atoms with E-state index in [1.165, 1.54) is 89.9 Å². The molecule has 0 aromatic heterocycles. The zero-order valence-corrected chi connectivity index (χ0v) is 32.2. The second-order valence-corrected chi connectivity index (χ2v) is 17.6. The number of esters is 1. The SMILES string of the molecule is CCCCC/C=C\C/C=C\CCCCCC(=O)O[C@H]1CC[C@@]2(C)C(=CC[C@H]3[C@@H]4CC[C@H]([C@H](C)CC[C@@H](CC)C(C)C)[C@@]4(C)CC[C@@H]32)C1. The van der Waals surface area contributed by atoms with Crippen LogP contribution in [0.5, 0.6) is 0 Å². The van der Waals surface area contributed by atoms with Gasteiger partial charge < -0.3 is 4.74 Å². The van der Waals surface area contributed by atoms with Gasteiger partial charge in [-0.15, -0.1) is 0 Å². The largest absolute Gasteiger partial charge is 0.462 e. The van der Waals surface area contributed by atoms with E-state index in [1.54, 1.807) is 5.57 Å². The van der Waals surface area contributed by atoms with Crippen molar-refractivity contribution < 1.29 is 9.53 Å². The minimum Gasteiger partial charge on any atom is -0.462 e. The molecule has 2 heteroatoms. The Morgan fingerprint density at radius 3 is 2.32 bits per heavy atom. The van der Waals surface area contributed by atoms with E-state index in [9.17, 15) is 4.79 Å². The van der Waals surface area contributed by atoms with Gasteiger partial charge in [0.2, 0.25) is 0 Å². The molecule has 0 bridgehead atoms. The summed E-state index contributed by atoms with van der Waals surface area (Å²) in [5.74, 6) is 6.11. The smallest absolute Gasteiger partial charge is 0.306 e. The second-order valence-electron chi connectivity index (χ2n) is 17.6. The van der Waals surface area contributed by atoms with Crippen LogP contribution >= 0.6 is 0 Å². The molecule has 0 aliphatic heterocycles. The standard InChI is InChI=1S/C45H76O2/c1-8-10-11-12-13-14-15-16-17-18-19-20-21-22-43(46)47-38-29-31-44(6)37(33-38)25-26-39-41-28-27-40(45(41,7)32-30-42(39)44)35(5)23-24-36(9-2)34(3)4/h13-14,16-17,25,34-36,38-42H,8-12,15,18-24,26-33H2,1-7H3/b14-13-,17-16-/t35-,36-,38+,39+,40-,41+,42+,44+,45-/m1/s1. The van der Waals surface area contributed by atoms with Crippen molar-refractivity contribution in [1.82, 2.24) is 0 Å². The van der Waals surface area contributed by atoms with Crippen molar-refractivity contribution in [3.8, 4) is 0 Å². The molecule has 0 aromatic carbocycles. The first-order valence-corrected chi connectivity index (χ1v) is 20.8. The third kappa shape index (κ3) is 9.90. The lowest BCUT2D eigenvalue weighted by Gasteiger charge is -2.58. The molecule has 0 unspecified atom stereocenters. The summed E-state index contributed by atoms with van der Waals surface area (Å²) in [6, 6.07) is 0. The van der Waals surface area contributed by atoms with Crippen molar-refractivity contribution in [2.75, 3.05) is 0 Å². The van der Waals surface area contributed by atoms with E-state index in [-0.39, 0.29) is 12.1 Å². The average molecular weight is 649 g/mol. The zero-order valence-electron chi connectivity index (χ0n) is 32.2. The summed E-state index contributed by atoms with van der Waals surface area (Å²) in [5, 5.41) is 0. The Hall–Kier alpha value is -1.31. The van der Waals surface area contributed by atoms with E-state index in [0.717, 1.165) is 80.0 Å². The van der Waals surface area contributed by atoms with Crippen LogP contribution in [0.15, 0.2) is 36.0 Å². The van der Waals surface area contributed by atoms with Gasteiger partial charge >= 0.3 is 5.97 Å². The Morgan fingerprint density at radius 2 is 1.62 bits per heavy atom. The van der Waals surface area contributed by atoms with Crippen LogP contribution in [-0.2, 0) is 9.53 Å². The number of hydrogen-bond acceptors (Lipinski definition) is 2. The average Bonchev–Trinajstić information content (AvgIpc) is 3.41. The Bertz CT molecular complexity index is 1030. The van der Waals surface area contributed by atoms with Crippen molar-refractivity contribution in [3.63, 3.8) is 0 Å². The molecule has 0 amide bonds. The Labute approximate surface area is 292 Å². The van der Waals surface area contributed by atoms with Crippen LogP contribution in [0.3, 0.4) is 0 Å². The lowest BCUT2D eigenvalue weighted by Crippen LogP contribution is -2.51. The van der Waals surface area contributed by atoms with E-state index >= 15 is 0 Å². The van der Waals surface area contributed by atoms with Crippen LogP contribution < -0.4 is 0 Å². The summed E-state index contributed by atoms with van der Waals surface area (Å²) in [6.45, 7) is 17.4. The molecular weight excluding hydrogens is 572 g/mol. The molecule has 0 saturated heterocycles. The van der Waals surface area contributed by atoms with Crippen LogP contribution in [0, 0.1) is 52.3 Å². The molecule has 0 radical (unpaired) electrons. The molecule has 0 N–H and O–H groups in total. The van der Waals surface area contributed by atoms with Crippen molar-refractivity contribution in [1.29, 1.82) is 0 Å². The summed E-state index contributed by atoms with van der Waals surface area (Å²) in [5.41, 5.74) is 2.49. The first kappa shape index (κ1) is 38.5. The van der Waals surface area contributed by atoms with Gasteiger partial charge in [0.1, 0.15) is 6.10 Å². The quantitative estimate of drug-likeness (QED) is 0.0791. The summed E-state index contributed by atoms with van der Waals surface area (Å²) >= 11 is 0. The minimum absolute atomic E-state index is 0.0369. The van der Waals surface area contributed by atoms with Crippen molar-refractivity contribution in [2.24, 2.45) is 52.3 Å². The molecule has 0 aromatic rings. The van der Waals surface area contributed by atoms with Gasteiger partial charge in [-0.05, 0) is 142 Å². The molecule has 2 nitrogen and oxygen atoms in total. The van der Waals surface area contributed by atoms with Crippen LogP contribution in [0.2, 0.25) is 0 Å². The third-order valence-corrected chi connectivity index (χ3v) is 14.4. The molecule has 47 heavy (non-hydrogen) atoms. The monoisotopic (exact) mass is 649 g/mol. The number of rotatable bonds is 19. The predicted molar refractivity (Wildman–Crippen MR) is 202 cm³/mol. The van der Waals surface area contributed by atoms with Gasteiger partial charge in [-0.2, -0.15) is 0 Å².